The lowest BCUT2D eigenvalue weighted by molar-refractivity contribution is 0.641. The van der Waals surface area contributed by atoms with Crippen molar-refractivity contribution in [2.24, 2.45) is 0 Å². The molecule has 0 radical (unpaired) electrons. The van der Waals surface area contributed by atoms with Gasteiger partial charge in [0, 0.05) is 38.8 Å². The van der Waals surface area contributed by atoms with Crippen LogP contribution in [-0.2, 0) is 5.41 Å². The van der Waals surface area contributed by atoms with Gasteiger partial charge in [0.15, 0.2) is 23.3 Å². The Morgan fingerprint density at radius 3 is 1.04 bits per heavy atom. The zero-order valence-electron chi connectivity index (χ0n) is 37.1. The lowest BCUT2D eigenvalue weighted by Crippen LogP contribution is -2.18. The van der Waals surface area contributed by atoms with Gasteiger partial charge in [-0.25, -0.2) is 24.9 Å². The van der Waals surface area contributed by atoms with Crippen LogP contribution in [0.1, 0.15) is 25.0 Å². The molecule has 10 aromatic carbocycles. The first-order chi connectivity index (χ1) is 32.9. The van der Waals surface area contributed by atoms with Crippen LogP contribution in [-0.4, -0.2) is 24.9 Å². The van der Waals surface area contributed by atoms with Gasteiger partial charge in [-0.05, 0) is 60.3 Å². The number of aromatic nitrogens is 5. The van der Waals surface area contributed by atoms with Gasteiger partial charge in [-0.3, -0.25) is 0 Å². The molecule has 0 aliphatic carbocycles. The molecule has 5 nitrogen and oxygen atoms in total. The van der Waals surface area contributed by atoms with Crippen molar-refractivity contribution in [3.05, 3.63) is 236 Å². The van der Waals surface area contributed by atoms with Crippen molar-refractivity contribution in [3.8, 4) is 68.1 Å². The Morgan fingerprint density at radius 1 is 0.269 bits per heavy atom. The summed E-state index contributed by atoms with van der Waals surface area (Å²) in [6.45, 7) is 4.55. The standard InChI is InChI=1S/C62H43N5/c1-62(2,46-35-31-44(32-36-46)56-39-57(52-27-11-19-40-15-3-7-23-48(40)52)64-59(63-56)53-28-12-20-41-16-4-8-24-49(41)53)47-37-33-45(34-38-47)58-65-60(54-29-13-21-42-17-5-9-25-50(42)54)67-61(66-58)55-30-14-22-43-18-6-10-26-51(43)55/h3-39H,1-2H3. The molecule has 0 aliphatic heterocycles. The molecular formula is C62H43N5. The van der Waals surface area contributed by atoms with Crippen molar-refractivity contribution in [1.29, 1.82) is 0 Å². The predicted molar refractivity (Wildman–Crippen MR) is 277 cm³/mol. The zero-order chi connectivity index (χ0) is 44.9. The maximum atomic E-state index is 5.27. The summed E-state index contributed by atoms with van der Waals surface area (Å²) in [6.07, 6.45) is 0. The summed E-state index contributed by atoms with van der Waals surface area (Å²) in [6, 6.07) is 78.8. The third kappa shape index (κ3) is 7.27. The summed E-state index contributed by atoms with van der Waals surface area (Å²) in [7, 11) is 0. The van der Waals surface area contributed by atoms with Gasteiger partial charge in [-0.1, -0.05) is 232 Å². The van der Waals surface area contributed by atoms with Crippen LogP contribution in [0.2, 0.25) is 0 Å². The molecule has 0 amide bonds. The number of hydrogen-bond acceptors (Lipinski definition) is 5. The second kappa shape index (κ2) is 16.4. The van der Waals surface area contributed by atoms with Gasteiger partial charge < -0.3 is 0 Å². The molecule has 12 rings (SSSR count). The molecule has 316 valence electrons. The molecule has 2 aromatic heterocycles. The van der Waals surface area contributed by atoms with E-state index in [9.17, 15) is 0 Å². The van der Waals surface area contributed by atoms with Crippen molar-refractivity contribution < 1.29 is 0 Å². The SMILES string of the molecule is CC(C)(c1ccc(-c2cc(-c3cccc4ccccc34)nc(-c3cccc4ccccc34)n2)cc1)c1ccc(-c2nc(-c3cccc4ccccc34)nc(-c3cccc4ccccc34)n2)cc1. The molecule has 0 unspecified atom stereocenters. The van der Waals surface area contributed by atoms with Crippen molar-refractivity contribution in [2.45, 2.75) is 19.3 Å². The van der Waals surface area contributed by atoms with Crippen LogP contribution in [0, 0.1) is 0 Å². The minimum atomic E-state index is -0.313. The van der Waals surface area contributed by atoms with E-state index in [1.165, 1.54) is 16.5 Å². The fourth-order valence-corrected chi connectivity index (χ4v) is 9.57. The average molecular weight is 858 g/mol. The van der Waals surface area contributed by atoms with E-state index < -0.39 is 0 Å². The average Bonchev–Trinajstić information content (AvgIpc) is 3.40. The van der Waals surface area contributed by atoms with Crippen LogP contribution in [0.4, 0.5) is 0 Å². The predicted octanol–water partition coefficient (Wildman–Crippen LogP) is 15.6. The molecule has 0 aliphatic rings. The number of fused-ring (bicyclic) bond motifs is 4. The molecule has 0 saturated carbocycles. The molecule has 2 heterocycles. The molecule has 12 aromatic rings. The van der Waals surface area contributed by atoms with Crippen molar-refractivity contribution in [3.63, 3.8) is 0 Å². The van der Waals surface area contributed by atoms with E-state index in [1.54, 1.807) is 0 Å². The van der Waals surface area contributed by atoms with Crippen molar-refractivity contribution in [1.82, 2.24) is 24.9 Å². The highest BCUT2D eigenvalue weighted by atomic mass is 15.0. The Morgan fingerprint density at radius 2 is 0.597 bits per heavy atom. The highest BCUT2D eigenvalue weighted by Crippen LogP contribution is 2.38. The number of hydrogen-bond donors (Lipinski definition) is 0. The highest BCUT2D eigenvalue weighted by molar-refractivity contribution is 6.00. The fourth-order valence-electron chi connectivity index (χ4n) is 9.57. The maximum Gasteiger partial charge on any atom is 0.164 e. The third-order valence-corrected chi connectivity index (χ3v) is 13.3. The van der Waals surface area contributed by atoms with E-state index in [1.807, 2.05) is 0 Å². The third-order valence-electron chi connectivity index (χ3n) is 13.3. The summed E-state index contributed by atoms with van der Waals surface area (Å²) in [5, 5.41) is 9.10. The Labute approximate surface area is 389 Å². The Balaban J connectivity index is 0.911. The second-order valence-electron chi connectivity index (χ2n) is 17.7. The maximum absolute atomic E-state index is 5.27. The van der Waals surface area contributed by atoms with Gasteiger partial charge in [-0.2, -0.15) is 0 Å². The molecule has 5 heteroatoms. The van der Waals surface area contributed by atoms with Crippen LogP contribution in [0.5, 0.6) is 0 Å². The van der Waals surface area contributed by atoms with Crippen LogP contribution >= 0.6 is 0 Å². The largest absolute Gasteiger partial charge is 0.228 e. The molecule has 0 N–H and O–H groups in total. The summed E-state index contributed by atoms with van der Waals surface area (Å²) in [5.74, 6) is 2.62. The molecular weight excluding hydrogens is 815 g/mol. The van der Waals surface area contributed by atoms with Crippen molar-refractivity contribution >= 4 is 43.1 Å². The molecule has 0 fully saturated rings. The van der Waals surface area contributed by atoms with Gasteiger partial charge in [0.25, 0.3) is 0 Å². The van der Waals surface area contributed by atoms with E-state index in [4.69, 9.17) is 24.9 Å². The first-order valence-electron chi connectivity index (χ1n) is 22.7. The summed E-state index contributed by atoms with van der Waals surface area (Å²) >= 11 is 0. The van der Waals surface area contributed by atoms with Crippen LogP contribution in [0.3, 0.4) is 0 Å². The Kier molecular flexibility index (Phi) is 9.76. The first kappa shape index (κ1) is 39.9. The molecule has 0 spiro atoms. The van der Waals surface area contributed by atoms with E-state index in [-0.39, 0.29) is 5.41 Å². The van der Waals surface area contributed by atoms with Crippen LogP contribution in [0.15, 0.2) is 224 Å². The van der Waals surface area contributed by atoms with E-state index in [2.05, 4.69) is 238 Å². The van der Waals surface area contributed by atoms with Crippen molar-refractivity contribution in [2.75, 3.05) is 0 Å². The molecule has 0 atom stereocenters. The summed E-state index contributed by atoms with van der Waals surface area (Å²) < 4.78 is 0. The lowest BCUT2D eigenvalue weighted by atomic mass is 9.77. The van der Waals surface area contributed by atoms with Gasteiger partial charge in [0.2, 0.25) is 0 Å². The van der Waals surface area contributed by atoms with Gasteiger partial charge >= 0.3 is 0 Å². The zero-order valence-corrected chi connectivity index (χ0v) is 37.1. The fraction of sp³-hybridized carbons (Fsp3) is 0.0484. The van der Waals surface area contributed by atoms with Crippen LogP contribution in [0.25, 0.3) is 111 Å². The molecule has 0 bridgehead atoms. The molecule has 67 heavy (non-hydrogen) atoms. The Hall–Kier alpha value is -8.67. The highest BCUT2D eigenvalue weighted by Gasteiger charge is 2.24. The van der Waals surface area contributed by atoms with Gasteiger partial charge in [-0.15, -0.1) is 0 Å². The topological polar surface area (TPSA) is 64.5 Å². The minimum Gasteiger partial charge on any atom is -0.228 e. The smallest absolute Gasteiger partial charge is 0.164 e. The lowest BCUT2D eigenvalue weighted by Gasteiger charge is -2.26. The normalized spacial score (nSPS) is 11.7. The first-order valence-corrected chi connectivity index (χ1v) is 22.7. The Bertz CT molecular complexity index is 3370. The van der Waals surface area contributed by atoms with Crippen LogP contribution < -0.4 is 0 Å². The van der Waals surface area contributed by atoms with Gasteiger partial charge in [0.05, 0.1) is 11.4 Å². The van der Waals surface area contributed by atoms with E-state index in [0.29, 0.717) is 23.3 Å². The number of rotatable bonds is 8. The number of benzene rings is 10. The monoisotopic (exact) mass is 857 g/mol. The quantitative estimate of drug-likeness (QED) is 0.152. The molecule has 0 saturated heterocycles. The van der Waals surface area contributed by atoms with E-state index in [0.717, 1.165) is 82.5 Å². The van der Waals surface area contributed by atoms with E-state index >= 15 is 0 Å². The second-order valence-corrected chi connectivity index (χ2v) is 17.7. The summed E-state index contributed by atoms with van der Waals surface area (Å²) in [4.78, 5) is 26.0. The summed E-state index contributed by atoms with van der Waals surface area (Å²) in [5.41, 5.74) is 9.81. The minimum absolute atomic E-state index is 0.313. The van der Waals surface area contributed by atoms with Gasteiger partial charge in [0.1, 0.15) is 0 Å². The number of nitrogens with zero attached hydrogens (tertiary/aromatic N) is 5.